The summed E-state index contributed by atoms with van der Waals surface area (Å²) in [4.78, 5) is 1.10. The van der Waals surface area contributed by atoms with Gasteiger partial charge in [-0.2, -0.15) is 0 Å². The zero-order valence-electron chi connectivity index (χ0n) is 10.6. The Morgan fingerprint density at radius 3 is 2.94 bits per heavy atom. The van der Waals surface area contributed by atoms with E-state index in [9.17, 15) is 8.42 Å². The van der Waals surface area contributed by atoms with Gasteiger partial charge in [0, 0.05) is 17.5 Å². The van der Waals surface area contributed by atoms with E-state index in [0.717, 1.165) is 30.7 Å². The van der Waals surface area contributed by atoms with E-state index in [1.807, 2.05) is 13.0 Å². The molecule has 0 radical (unpaired) electrons. The fourth-order valence-electron chi connectivity index (χ4n) is 2.13. The van der Waals surface area contributed by atoms with Crippen molar-refractivity contribution in [2.75, 3.05) is 13.1 Å². The minimum absolute atomic E-state index is 0.429. The van der Waals surface area contributed by atoms with Crippen LogP contribution in [0.15, 0.2) is 16.3 Å². The van der Waals surface area contributed by atoms with Gasteiger partial charge in [-0.05, 0) is 44.4 Å². The average molecular weight is 288 g/mol. The molecule has 0 aliphatic carbocycles. The standard InChI is InChI=1S/C12H20N2O2S2/c1-2-11-5-6-12(17-11)18(15,16)14-9-7-10-4-3-8-13-10/h5-6,10,13-14H,2-4,7-9H2,1H3. The van der Waals surface area contributed by atoms with Crippen LogP contribution in [0, 0.1) is 0 Å². The Morgan fingerprint density at radius 1 is 1.50 bits per heavy atom. The summed E-state index contributed by atoms with van der Waals surface area (Å²) < 4.78 is 27.1. The van der Waals surface area contributed by atoms with Crippen LogP contribution in [0.3, 0.4) is 0 Å². The Labute approximate surface area is 113 Å². The Balaban J connectivity index is 1.86. The van der Waals surface area contributed by atoms with E-state index >= 15 is 0 Å². The number of hydrogen-bond acceptors (Lipinski definition) is 4. The van der Waals surface area contributed by atoms with E-state index in [2.05, 4.69) is 10.0 Å². The van der Waals surface area contributed by atoms with Gasteiger partial charge in [0.05, 0.1) is 0 Å². The summed E-state index contributed by atoms with van der Waals surface area (Å²) in [5, 5.41) is 3.36. The highest BCUT2D eigenvalue weighted by Crippen LogP contribution is 2.21. The van der Waals surface area contributed by atoms with Crippen LogP contribution in [0.4, 0.5) is 0 Å². The molecule has 1 saturated heterocycles. The molecular weight excluding hydrogens is 268 g/mol. The predicted octanol–water partition coefficient (Wildman–Crippen LogP) is 1.73. The Morgan fingerprint density at radius 2 is 2.33 bits per heavy atom. The SMILES string of the molecule is CCc1ccc(S(=O)(=O)NCCC2CCCN2)s1. The van der Waals surface area contributed by atoms with Gasteiger partial charge in [-0.15, -0.1) is 11.3 Å². The molecule has 18 heavy (non-hydrogen) atoms. The number of nitrogens with one attached hydrogen (secondary N) is 2. The molecule has 1 aromatic heterocycles. The van der Waals surface area contributed by atoms with Crippen molar-refractivity contribution in [2.24, 2.45) is 0 Å². The van der Waals surface area contributed by atoms with Gasteiger partial charge in [-0.25, -0.2) is 13.1 Å². The van der Waals surface area contributed by atoms with Gasteiger partial charge >= 0.3 is 0 Å². The minimum atomic E-state index is -3.30. The Hall–Kier alpha value is -0.430. The fraction of sp³-hybridized carbons (Fsp3) is 0.667. The molecule has 2 rings (SSSR count). The molecule has 1 fully saturated rings. The first kappa shape index (κ1) is 14.0. The van der Waals surface area contributed by atoms with Crippen molar-refractivity contribution in [1.29, 1.82) is 0 Å². The fourth-order valence-corrected chi connectivity index (χ4v) is 4.52. The lowest BCUT2D eigenvalue weighted by Crippen LogP contribution is -2.30. The van der Waals surface area contributed by atoms with Crippen LogP contribution in [0.5, 0.6) is 0 Å². The second kappa shape index (κ2) is 6.14. The third-order valence-electron chi connectivity index (χ3n) is 3.20. The minimum Gasteiger partial charge on any atom is -0.314 e. The first-order chi connectivity index (χ1) is 8.62. The topological polar surface area (TPSA) is 58.2 Å². The van der Waals surface area contributed by atoms with Gasteiger partial charge in [0.2, 0.25) is 10.0 Å². The molecule has 0 bridgehead atoms. The van der Waals surface area contributed by atoms with Crippen molar-refractivity contribution < 1.29 is 8.42 Å². The first-order valence-electron chi connectivity index (χ1n) is 6.43. The van der Waals surface area contributed by atoms with Crippen LogP contribution < -0.4 is 10.0 Å². The zero-order valence-corrected chi connectivity index (χ0v) is 12.2. The molecule has 1 unspecified atom stereocenters. The monoisotopic (exact) mass is 288 g/mol. The van der Waals surface area contributed by atoms with E-state index < -0.39 is 10.0 Å². The summed E-state index contributed by atoms with van der Waals surface area (Å²) in [5.74, 6) is 0. The molecule has 0 saturated carbocycles. The summed E-state index contributed by atoms with van der Waals surface area (Å²) in [5.41, 5.74) is 0. The summed E-state index contributed by atoms with van der Waals surface area (Å²) in [6, 6.07) is 4.06. The Bertz CT molecular complexity index is 476. The third kappa shape index (κ3) is 3.54. The molecule has 102 valence electrons. The van der Waals surface area contributed by atoms with Gasteiger partial charge in [-0.3, -0.25) is 0 Å². The van der Waals surface area contributed by atoms with Crippen molar-refractivity contribution in [3.63, 3.8) is 0 Å². The Kier molecular flexibility index (Phi) is 4.77. The van der Waals surface area contributed by atoms with Crippen LogP contribution in [-0.4, -0.2) is 27.5 Å². The maximum Gasteiger partial charge on any atom is 0.250 e. The van der Waals surface area contributed by atoms with Gasteiger partial charge in [0.15, 0.2) is 0 Å². The molecule has 1 aliphatic heterocycles. The molecule has 2 N–H and O–H groups in total. The lowest BCUT2D eigenvalue weighted by molar-refractivity contribution is 0.540. The number of aryl methyl sites for hydroxylation is 1. The quantitative estimate of drug-likeness (QED) is 0.838. The van der Waals surface area contributed by atoms with Crippen LogP contribution in [0.25, 0.3) is 0 Å². The first-order valence-corrected chi connectivity index (χ1v) is 8.73. The normalized spacial score (nSPS) is 20.4. The van der Waals surface area contributed by atoms with E-state index in [0.29, 0.717) is 16.8 Å². The highest BCUT2D eigenvalue weighted by Gasteiger charge is 2.18. The number of hydrogen-bond donors (Lipinski definition) is 2. The van der Waals surface area contributed by atoms with Gasteiger partial charge in [-0.1, -0.05) is 6.92 Å². The number of thiophene rings is 1. The second-order valence-electron chi connectivity index (χ2n) is 4.55. The van der Waals surface area contributed by atoms with E-state index in [1.165, 1.54) is 17.8 Å². The summed E-state index contributed by atoms with van der Waals surface area (Å²) in [6.07, 6.45) is 4.10. The van der Waals surface area contributed by atoms with Crippen molar-refractivity contribution in [2.45, 2.75) is 42.9 Å². The summed E-state index contributed by atoms with van der Waals surface area (Å²) in [6.45, 7) is 3.60. The summed E-state index contributed by atoms with van der Waals surface area (Å²) in [7, 11) is -3.30. The molecule has 6 heteroatoms. The molecule has 0 amide bonds. The lowest BCUT2D eigenvalue weighted by Gasteiger charge is -2.10. The summed E-state index contributed by atoms with van der Waals surface area (Å²) >= 11 is 1.36. The smallest absolute Gasteiger partial charge is 0.250 e. The van der Waals surface area contributed by atoms with Crippen LogP contribution in [0.1, 0.15) is 31.1 Å². The highest BCUT2D eigenvalue weighted by atomic mass is 32.2. The van der Waals surface area contributed by atoms with Gasteiger partial charge in [0.25, 0.3) is 0 Å². The molecule has 1 aromatic rings. The van der Waals surface area contributed by atoms with Crippen molar-refractivity contribution in [3.05, 3.63) is 17.0 Å². The number of rotatable bonds is 6. The third-order valence-corrected chi connectivity index (χ3v) is 6.38. The van der Waals surface area contributed by atoms with Crippen molar-refractivity contribution in [1.82, 2.24) is 10.0 Å². The van der Waals surface area contributed by atoms with Crippen LogP contribution in [-0.2, 0) is 16.4 Å². The second-order valence-corrected chi connectivity index (χ2v) is 7.72. The van der Waals surface area contributed by atoms with Crippen LogP contribution in [0.2, 0.25) is 0 Å². The van der Waals surface area contributed by atoms with Crippen molar-refractivity contribution >= 4 is 21.4 Å². The molecule has 0 spiro atoms. The van der Waals surface area contributed by atoms with E-state index in [-0.39, 0.29) is 0 Å². The molecular formula is C12H20N2O2S2. The maximum absolute atomic E-state index is 12.0. The molecule has 1 aliphatic rings. The number of sulfonamides is 1. The largest absolute Gasteiger partial charge is 0.314 e. The lowest BCUT2D eigenvalue weighted by atomic mass is 10.2. The average Bonchev–Trinajstić information content (AvgIpc) is 2.99. The molecule has 2 heterocycles. The molecule has 0 aromatic carbocycles. The van der Waals surface area contributed by atoms with Crippen molar-refractivity contribution in [3.8, 4) is 0 Å². The predicted molar refractivity (Wildman–Crippen MR) is 74.5 cm³/mol. The van der Waals surface area contributed by atoms with E-state index in [4.69, 9.17) is 0 Å². The van der Waals surface area contributed by atoms with Crippen LogP contribution >= 0.6 is 11.3 Å². The maximum atomic E-state index is 12.0. The highest BCUT2D eigenvalue weighted by molar-refractivity contribution is 7.91. The van der Waals surface area contributed by atoms with Gasteiger partial charge in [0.1, 0.15) is 4.21 Å². The molecule has 4 nitrogen and oxygen atoms in total. The zero-order chi connectivity index (χ0) is 13.0. The van der Waals surface area contributed by atoms with E-state index in [1.54, 1.807) is 6.07 Å². The molecule has 1 atom stereocenters. The van der Waals surface area contributed by atoms with Gasteiger partial charge < -0.3 is 5.32 Å².